The minimum absolute atomic E-state index is 0.0545. The van der Waals surface area contributed by atoms with Crippen LogP contribution in [0.5, 0.6) is 0 Å². The number of rotatable bonds is 6. The highest BCUT2D eigenvalue weighted by Gasteiger charge is 2.26. The highest BCUT2D eigenvalue weighted by molar-refractivity contribution is 5.74. The van der Waals surface area contributed by atoms with Crippen LogP contribution in [0.15, 0.2) is 28.9 Å². The third-order valence-corrected chi connectivity index (χ3v) is 3.57. The molecule has 2 atom stereocenters. The lowest BCUT2D eigenvalue weighted by Crippen LogP contribution is -2.47. The zero-order valence-corrected chi connectivity index (χ0v) is 14.0. The number of hydrogen-bond donors (Lipinski definition) is 3. The van der Waals surface area contributed by atoms with Crippen LogP contribution in [-0.4, -0.2) is 33.5 Å². The molecule has 0 aliphatic heterocycles. The smallest absolute Gasteiger partial charge is 0.315 e. The largest absolute Gasteiger partial charge is 0.466 e. The second kappa shape index (κ2) is 6.87. The number of amides is 2. The summed E-state index contributed by atoms with van der Waals surface area (Å²) in [5, 5.41) is 20.1. The molecule has 3 N–H and O–H groups in total. The van der Waals surface area contributed by atoms with Crippen molar-refractivity contribution in [2.75, 3.05) is 6.54 Å². The summed E-state index contributed by atoms with van der Waals surface area (Å²) in [5.41, 5.74) is 0.755. The third kappa shape index (κ3) is 4.59. The molecule has 2 rings (SSSR count). The monoisotopic (exact) mass is 320 g/mol. The van der Waals surface area contributed by atoms with E-state index in [0.29, 0.717) is 12.3 Å². The molecule has 0 spiro atoms. The summed E-state index contributed by atoms with van der Waals surface area (Å²) in [6, 6.07) is 4.92. The summed E-state index contributed by atoms with van der Waals surface area (Å²) in [4.78, 5) is 12.0. The zero-order chi connectivity index (χ0) is 17.0. The number of furan rings is 1. The van der Waals surface area contributed by atoms with Gasteiger partial charge in [-0.3, -0.25) is 4.68 Å². The van der Waals surface area contributed by atoms with E-state index in [4.69, 9.17) is 4.42 Å². The van der Waals surface area contributed by atoms with Crippen LogP contribution in [0.4, 0.5) is 4.79 Å². The van der Waals surface area contributed by atoms with Crippen LogP contribution in [0.25, 0.3) is 0 Å². The van der Waals surface area contributed by atoms with Crippen molar-refractivity contribution in [2.45, 2.75) is 45.9 Å². The van der Waals surface area contributed by atoms with Crippen LogP contribution in [0.3, 0.4) is 0 Å². The Labute approximate surface area is 135 Å². The topological polar surface area (TPSA) is 92.3 Å². The highest BCUT2D eigenvalue weighted by Crippen LogP contribution is 2.19. The second-order valence-corrected chi connectivity index (χ2v) is 6.09. The number of carbonyl (C=O) groups excluding carboxylic acids is 1. The number of aliphatic hydroxyl groups is 1. The predicted molar refractivity (Wildman–Crippen MR) is 86.0 cm³/mol. The first kappa shape index (κ1) is 17.1. The van der Waals surface area contributed by atoms with Gasteiger partial charge in [0.05, 0.1) is 25.0 Å². The lowest BCUT2D eigenvalue weighted by molar-refractivity contribution is 0.0366. The molecule has 0 aliphatic rings. The molecule has 0 unspecified atom stereocenters. The van der Waals surface area contributed by atoms with Gasteiger partial charge in [0.1, 0.15) is 11.4 Å². The minimum atomic E-state index is -1.25. The number of aromatic nitrogens is 2. The van der Waals surface area contributed by atoms with Crippen LogP contribution in [0.1, 0.15) is 31.0 Å². The molecular weight excluding hydrogens is 296 g/mol. The molecule has 2 aromatic heterocycles. The molecule has 0 bridgehead atoms. The summed E-state index contributed by atoms with van der Waals surface area (Å²) in [6.45, 7) is 8.05. The predicted octanol–water partition coefficient (Wildman–Crippen LogP) is 1.69. The van der Waals surface area contributed by atoms with Gasteiger partial charge >= 0.3 is 6.03 Å². The van der Waals surface area contributed by atoms with Crippen LogP contribution >= 0.6 is 0 Å². The lowest BCUT2D eigenvalue weighted by Gasteiger charge is -2.22. The Morgan fingerprint density at radius 3 is 2.83 bits per heavy atom. The SMILES string of the molecule is Cc1cc(C)n(C[C@H](C)NC(=O)NC[C@@](C)(O)c2ccco2)n1. The summed E-state index contributed by atoms with van der Waals surface area (Å²) in [7, 11) is 0. The Morgan fingerprint density at radius 1 is 1.52 bits per heavy atom. The van der Waals surface area contributed by atoms with Crippen molar-refractivity contribution < 1.29 is 14.3 Å². The highest BCUT2D eigenvalue weighted by atomic mass is 16.4. The fourth-order valence-corrected chi connectivity index (χ4v) is 2.36. The normalized spacial score (nSPS) is 15.0. The maximum atomic E-state index is 12.0. The molecular formula is C16H24N4O3. The van der Waals surface area contributed by atoms with Gasteiger partial charge in [-0.25, -0.2) is 4.79 Å². The molecule has 23 heavy (non-hydrogen) atoms. The van der Waals surface area contributed by atoms with Gasteiger partial charge in [-0.2, -0.15) is 5.10 Å². The number of aryl methyl sites for hydroxylation is 2. The van der Waals surface area contributed by atoms with E-state index in [2.05, 4.69) is 15.7 Å². The molecule has 2 heterocycles. The van der Waals surface area contributed by atoms with Crippen LogP contribution in [0, 0.1) is 13.8 Å². The molecule has 2 amide bonds. The summed E-state index contributed by atoms with van der Waals surface area (Å²) >= 11 is 0. The Hall–Kier alpha value is -2.28. The first-order valence-electron chi connectivity index (χ1n) is 7.60. The lowest BCUT2D eigenvalue weighted by atomic mass is 10.0. The van der Waals surface area contributed by atoms with Gasteiger partial charge in [0, 0.05) is 11.7 Å². The third-order valence-electron chi connectivity index (χ3n) is 3.57. The fraction of sp³-hybridized carbons (Fsp3) is 0.500. The molecule has 0 radical (unpaired) electrons. The number of nitrogens with zero attached hydrogens (tertiary/aromatic N) is 2. The second-order valence-electron chi connectivity index (χ2n) is 6.09. The molecule has 126 valence electrons. The number of carbonyl (C=O) groups is 1. The van der Waals surface area contributed by atoms with Crippen LogP contribution in [0.2, 0.25) is 0 Å². The van der Waals surface area contributed by atoms with Crippen LogP contribution in [-0.2, 0) is 12.1 Å². The number of hydrogen-bond acceptors (Lipinski definition) is 4. The first-order chi connectivity index (χ1) is 10.8. The van der Waals surface area contributed by atoms with Crippen LogP contribution < -0.4 is 10.6 Å². The number of urea groups is 1. The van der Waals surface area contributed by atoms with Crippen molar-refractivity contribution in [1.82, 2.24) is 20.4 Å². The molecule has 0 saturated heterocycles. The van der Waals surface area contributed by atoms with Crippen molar-refractivity contribution >= 4 is 6.03 Å². The van der Waals surface area contributed by atoms with E-state index in [1.165, 1.54) is 6.26 Å². The van der Waals surface area contributed by atoms with E-state index in [1.54, 1.807) is 19.1 Å². The zero-order valence-electron chi connectivity index (χ0n) is 14.0. The van der Waals surface area contributed by atoms with Gasteiger partial charge in [0.2, 0.25) is 0 Å². The Kier molecular flexibility index (Phi) is 5.10. The Bertz CT molecular complexity index is 646. The minimum Gasteiger partial charge on any atom is -0.466 e. The molecule has 7 heteroatoms. The van der Waals surface area contributed by atoms with Crippen molar-refractivity contribution in [1.29, 1.82) is 0 Å². The van der Waals surface area contributed by atoms with Gasteiger partial charge in [-0.15, -0.1) is 0 Å². The quantitative estimate of drug-likeness (QED) is 0.755. The average Bonchev–Trinajstić information content (AvgIpc) is 3.08. The van der Waals surface area contributed by atoms with E-state index in [1.807, 2.05) is 31.5 Å². The molecule has 0 fully saturated rings. The summed E-state index contributed by atoms with van der Waals surface area (Å²) in [5.74, 6) is 0.411. The maximum Gasteiger partial charge on any atom is 0.315 e. The molecule has 0 aromatic carbocycles. The molecule has 0 aliphatic carbocycles. The van der Waals surface area contributed by atoms with Crippen molar-refractivity contribution in [2.24, 2.45) is 0 Å². The van der Waals surface area contributed by atoms with Crippen molar-refractivity contribution in [3.05, 3.63) is 41.6 Å². The van der Waals surface area contributed by atoms with Gasteiger partial charge in [-0.1, -0.05) is 0 Å². The Balaban J connectivity index is 1.81. The van der Waals surface area contributed by atoms with Crippen molar-refractivity contribution in [3.63, 3.8) is 0 Å². The fourth-order valence-electron chi connectivity index (χ4n) is 2.36. The van der Waals surface area contributed by atoms with E-state index in [-0.39, 0.29) is 18.6 Å². The van der Waals surface area contributed by atoms with E-state index in [9.17, 15) is 9.90 Å². The average molecular weight is 320 g/mol. The van der Waals surface area contributed by atoms with Crippen molar-refractivity contribution in [3.8, 4) is 0 Å². The summed E-state index contributed by atoms with van der Waals surface area (Å²) < 4.78 is 7.03. The van der Waals surface area contributed by atoms with Gasteiger partial charge < -0.3 is 20.2 Å². The Morgan fingerprint density at radius 2 is 2.26 bits per heavy atom. The maximum absolute atomic E-state index is 12.0. The molecule has 2 aromatic rings. The molecule has 7 nitrogen and oxygen atoms in total. The standard InChI is InChI=1S/C16H24N4O3/c1-11-8-13(3)20(19-11)9-12(2)18-15(21)17-10-16(4,22)14-6-5-7-23-14/h5-8,12,22H,9-10H2,1-4H3,(H2,17,18,21)/t12-,16+/m0/s1. The molecule has 0 saturated carbocycles. The van der Waals surface area contributed by atoms with Gasteiger partial charge in [-0.05, 0) is 45.9 Å². The number of nitrogens with one attached hydrogen (secondary N) is 2. The van der Waals surface area contributed by atoms with E-state index < -0.39 is 5.60 Å². The van der Waals surface area contributed by atoms with E-state index in [0.717, 1.165) is 11.4 Å². The first-order valence-corrected chi connectivity index (χ1v) is 7.60. The van der Waals surface area contributed by atoms with E-state index >= 15 is 0 Å². The summed E-state index contributed by atoms with van der Waals surface area (Å²) in [6.07, 6.45) is 1.49. The van der Waals surface area contributed by atoms with Gasteiger partial charge in [0.15, 0.2) is 0 Å². The van der Waals surface area contributed by atoms with Gasteiger partial charge in [0.25, 0.3) is 0 Å².